The highest BCUT2D eigenvalue weighted by Gasteiger charge is 2.24. The first kappa shape index (κ1) is 15.0. The molecule has 0 unspecified atom stereocenters. The fourth-order valence-electron chi connectivity index (χ4n) is 3.28. The summed E-state index contributed by atoms with van der Waals surface area (Å²) in [6.07, 6.45) is 1.47. The zero-order valence-corrected chi connectivity index (χ0v) is 13.5. The van der Waals surface area contributed by atoms with Crippen LogP contribution in [0.4, 0.5) is 0 Å². The molecule has 1 aliphatic rings. The van der Waals surface area contributed by atoms with Gasteiger partial charge in [-0.3, -0.25) is 9.78 Å². The summed E-state index contributed by atoms with van der Waals surface area (Å²) >= 11 is 0. The van der Waals surface area contributed by atoms with Crippen molar-refractivity contribution < 1.29 is 4.79 Å². The van der Waals surface area contributed by atoms with Crippen LogP contribution in [0, 0.1) is 13.8 Å². The molecule has 3 rings (SSSR count). The number of carbonyl (C=O) groups excluding carboxylic acids is 1. The molecule has 2 aromatic rings. The summed E-state index contributed by atoms with van der Waals surface area (Å²) in [5.41, 5.74) is 4.21. The number of amides is 1. The Labute approximate surface area is 131 Å². The van der Waals surface area contributed by atoms with Gasteiger partial charge in [-0.15, -0.1) is 0 Å². The van der Waals surface area contributed by atoms with Crippen LogP contribution >= 0.6 is 0 Å². The van der Waals surface area contributed by atoms with Gasteiger partial charge in [-0.1, -0.05) is 18.2 Å². The lowest BCUT2D eigenvalue weighted by molar-refractivity contribution is -0.130. The smallest absolute Gasteiger partial charge is 0.227 e. The summed E-state index contributed by atoms with van der Waals surface area (Å²) in [7, 11) is 1.92. The second-order valence-electron chi connectivity index (χ2n) is 6.15. The maximum atomic E-state index is 12.6. The largest absolute Gasteiger partial charge is 0.341 e. The fourth-order valence-corrected chi connectivity index (χ4v) is 3.28. The van der Waals surface area contributed by atoms with E-state index in [4.69, 9.17) is 0 Å². The Morgan fingerprint density at radius 1 is 1.36 bits per heavy atom. The van der Waals surface area contributed by atoms with E-state index in [1.807, 2.05) is 37.1 Å². The lowest BCUT2D eigenvalue weighted by Crippen LogP contribution is -2.39. The monoisotopic (exact) mass is 297 g/mol. The van der Waals surface area contributed by atoms with Crippen LogP contribution in [-0.4, -0.2) is 42.0 Å². The summed E-state index contributed by atoms with van der Waals surface area (Å²) < 4.78 is 0. The summed E-state index contributed by atoms with van der Waals surface area (Å²) in [4.78, 5) is 19.2. The van der Waals surface area contributed by atoms with Crippen molar-refractivity contribution in [2.24, 2.45) is 0 Å². The Morgan fingerprint density at radius 3 is 2.86 bits per heavy atom. The quantitative estimate of drug-likeness (QED) is 0.945. The van der Waals surface area contributed by atoms with Crippen molar-refractivity contribution in [1.82, 2.24) is 15.2 Å². The van der Waals surface area contributed by atoms with Crippen LogP contribution in [-0.2, 0) is 11.2 Å². The minimum Gasteiger partial charge on any atom is -0.341 e. The molecule has 1 aromatic heterocycles. The predicted octanol–water partition coefficient (Wildman–Crippen LogP) is 2.21. The molecule has 1 aromatic carbocycles. The lowest BCUT2D eigenvalue weighted by Gasteiger charge is -2.24. The summed E-state index contributed by atoms with van der Waals surface area (Å²) in [5, 5.41) is 4.45. The third kappa shape index (κ3) is 2.71. The zero-order valence-electron chi connectivity index (χ0n) is 13.5. The van der Waals surface area contributed by atoms with E-state index in [-0.39, 0.29) is 5.91 Å². The van der Waals surface area contributed by atoms with E-state index in [1.165, 1.54) is 5.56 Å². The van der Waals surface area contributed by atoms with Crippen molar-refractivity contribution >= 4 is 16.8 Å². The molecule has 0 saturated carbocycles. The van der Waals surface area contributed by atoms with E-state index in [0.29, 0.717) is 12.5 Å². The molecule has 0 bridgehead atoms. The molecule has 0 aliphatic carbocycles. The topological polar surface area (TPSA) is 45.2 Å². The van der Waals surface area contributed by atoms with Crippen LogP contribution in [0.3, 0.4) is 0 Å². The lowest BCUT2D eigenvalue weighted by atomic mass is 9.99. The van der Waals surface area contributed by atoms with E-state index in [9.17, 15) is 4.79 Å². The number of aromatic nitrogens is 1. The second kappa shape index (κ2) is 6.05. The fraction of sp³-hybridized carbons (Fsp3) is 0.444. The standard InChI is InChI=1S/C18H23N3O/c1-12-15-6-4-5-7-17(15)20-13(2)16(12)10-18(22)21(3)14-8-9-19-11-14/h4-7,14,19H,8-11H2,1-3H3/t14-/m1/s1. The van der Waals surface area contributed by atoms with Gasteiger partial charge in [0.2, 0.25) is 5.91 Å². The number of pyridine rings is 1. The molecule has 4 nitrogen and oxygen atoms in total. The average Bonchev–Trinajstić information content (AvgIpc) is 3.04. The number of likely N-dealkylation sites (N-methyl/N-ethyl adjacent to an activating group) is 1. The number of aryl methyl sites for hydroxylation is 2. The Bertz CT molecular complexity index is 705. The van der Waals surface area contributed by atoms with Crippen molar-refractivity contribution in [3.8, 4) is 0 Å². The number of nitrogens with one attached hydrogen (secondary N) is 1. The summed E-state index contributed by atoms with van der Waals surface area (Å²) in [6, 6.07) is 8.45. The van der Waals surface area contributed by atoms with Gasteiger partial charge in [0.05, 0.1) is 11.9 Å². The number of para-hydroxylation sites is 1. The maximum Gasteiger partial charge on any atom is 0.227 e. The zero-order chi connectivity index (χ0) is 15.7. The van der Waals surface area contributed by atoms with Gasteiger partial charge in [0.25, 0.3) is 0 Å². The predicted molar refractivity (Wildman–Crippen MR) is 89.0 cm³/mol. The van der Waals surface area contributed by atoms with Gasteiger partial charge in [-0.05, 0) is 44.0 Å². The third-order valence-electron chi connectivity index (χ3n) is 4.79. The molecular weight excluding hydrogens is 274 g/mol. The molecule has 1 aliphatic heterocycles. The number of carbonyl (C=O) groups is 1. The van der Waals surface area contributed by atoms with Crippen LogP contribution in [0.2, 0.25) is 0 Å². The Hall–Kier alpha value is -1.94. The van der Waals surface area contributed by atoms with Crippen LogP contribution in [0.1, 0.15) is 23.2 Å². The van der Waals surface area contributed by atoms with Crippen molar-refractivity contribution in [3.05, 3.63) is 41.1 Å². The Balaban J connectivity index is 1.88. The van der Waals surface area contributed by atoms with Gasteiger partial charge >= 0.3 is 0 Å². The van der Waals surface area contributed by atoms with Crippen LogP contribution in [0.25, 0.3) is 10.9 Å². The first-order valence-electron chi connectivity index (χ1n) is 7.89. The number of nitrogens with zero attached hydrogens (tertiary/aromatic N) is 2. The van der Waals surface area contributed by atoms with Crippen molar-refractivity contribution in [2.45, 2.75) is 32.7 Å². The number of rotatable bonds is 3. The Kier molecular flexibility index (Phi) is 4.12. The number of hydrogen-bond acceptors (Lipinski definition) is 3. The molecule has 1 atom stereocenters. The van der Waals surface area contributed by atoms with Crippen molar-refractivity contribution in [1.29, 1.82) is 0 Å². The molecular formula is C18H23N3O. The maximum absolute atomic E-state index is 12.6. The molecule has 4 heteroatoms. The van der Waals surface area contributed by atoms with E-state index < -0.39 is 0 Å². The van der Waals surface area contributed by atoms with Crippen molar-refractivity contribution in [3.63, 3.8) is 0 Å². The average molecular weight is 297 g/mol. The van der Waals surface area contributed by atoms with Gasteiger partial charge in [0.15, 0.2) is 0 Å². The second-order valence-corrected chi connectivity index (χ2v) is 6.15. The van der Waals surface area contributed by atoms with Crippen LogP contribution in [0.5, 0.6) is 0 Å². The number of fused-ring (bicyclic) bond motifs is 1. The molecule has 1 N–H and O–H groups in total. The van der Waals surface area contributed by atoms with E-state index in [2.05, 4.69) is 23.3 Å². The number of benzene rings is 1. The van der Waals surface area contributed by atoms with E-state index in [1.54, 1.807) is 0 Å². The molecule has 22 heavy (non-hydrogen) atoms. The minimum atomic E-state index is 0.178. The molecule has 1 fully saturated rings. The Morgan fingerprint density at radius 2 is 2.14 bits per heavy atom. The highest BCUT2D eigenvalue weighted by molar-refractivity contribution is 5.86. The van der Waals surface area contributed by atoms with Gasteiger partial charge in [-0.2, -0.15) is 0 Å². The van der Waals surface area contributed by atoms with E-state index >= 15 is 0 Å². The van der Waals surface area contributed by atoms with Gasteiger partial charge in [-0.25, -0.2) is 0 Å². The van der Waals surface area contributed by atoms with Gasteiger partial charge in [0, 0.05) is 30.7 Å². The normalized spacial score (nSPS) is 17.9. The highest BCUT2D eigenvalue weighted by atomic mass is 16.2. The van der Waals surface area contributed by atoms with Gasteiger partial charge in [0.1, 0.15) is 0 Å². The minimum absolute atomic E-state index is 0.178. The molecule has 0 spiro atoms. The molecule has 1 amide bonds. The SMILES string of the molecule is Cc1nc2ccccc2c(C)c1CC(=O)N(C)[C@@H]1CCNC1. The molecule has 2 heterocycles. The first-order valence-corrected chi connectivity index (χ1v) is 7.89. The molecule has 116 valence electrons. The third-order valence-corrected chi connectivity index (χ3v) is 4.79. The summed E-state index contributed by atoms with van der Waals surface area (Å²) in [5.74, 6) is 0.178. The van der Waals surface area contributed by atoms with E-state index in [0.717, 1.165) is 41.7 Å². The van der Waals surface area contributed by atoms with Crippen LogP contribution in [0.15, 0.2) is 24.3 Å². The molecule has 1 saturated heterocycles. The van der Waals surface area contributed by atoms with Gasteiger partial charge < -0.3 is 10.2 Å². The van der Waals surface area contributed by atoms with Crippen molar-refractivity contribution in [2.75, 3.05) is 20.1 Å². The summed E-state index contributed by atoms with van der Waals surface area (Å²) in [6.45, 7) is 5.99. The first-order chi connectivity index (χ1) is 10.6. The number of hydrogen-bond donors (Lipinski definition) is 1. The highest BCUT2D eigenvalue weighted by Crippen LogP contribution is 2.23. The van der Waals surface area contributed by atoms with Crippen LogP contribution < -0.4 is 5.32 Å². The molecule has 0 radical (unpaired) electrons.